The molecule has 2 aromatic rings. The van der Waals surface area contributed by atoms with Gasteiger partial charge in [-0.1, -0.05) is 30.3 Å². The number of nitrogens with zero attached hydrogens (tertiary/aromatic N) is 2. The lowest BCUT2D eigenvalue weighted by molar-refractivity contribution is -0.128. The average Bonchev–Trinajstić information content (AvgIpc) is 2.91. The van der Waals surface area contributed by atoms with Crippen LogP contribution < -0.4 is 4.90 Å². The minimum absolute atomic E-state index is 0.0555. The lowest BCUT2D eigenvalue weighted by Crippen LogP contribution is -2.28. The summed E-state index contributed by atoms with van der Waals surface area (Å²) < 4.78 is 13.9. The van der Waals surface area contributed by atoms with Crippen LogP contribution in [0.5, 0.6) is 0 Å². The molecule has 3 nitrogen and oxygen atoms in total. The van der Waals surface area contributed by atoms with Gasteiger partial charge in [0.25, 0.3) is 0 Å². The van der Waals surface area contributed by atoms with Crippen LogP contribution in [0.4, 0.5) is 10.1 Å². The fraction of sp³-hybridized carbons (Fsp3) is 0.278. The Bertz CT molecular complexity index is 702. The predicted molar refractivity (Wildman–Crippen MR) is 92.9 cm³/mol. The fourth-order valence-electron chi connectivity index (χ4n) is 2.65. The van der Waals surface area contributed by atoms with Crippen LogP contribution in [-0.4, -0.2) is 30.7 Å². The maximum Gasteiger partial charge on any atom is 0.234 e. The largest absolute Gasteiger partial charge is 0.378 e. The highest BCUT2D eigenvalue weighted by atomic mass is 32.2. The minimum atomic E-state index is -0.265. The number of hydrogen-bond acceptors (Lipinski definition) is 3. The molecule has 3 rings (SSSR count). The molecular weight excluding hydrogens is 311 g/mol. The topological polar surface area (TPSA) is 23.6 Å². The average molecular weight is 330 g/mol. The first kappa shape index (κ1) is 15.9. The molecule has 23 heavy (non-hydrogen) atoms. The lowest BCUT2D eigenvalue weighted by atomic mass is 10.1. The number of halogens is 1. The highest BCUT2D eigenvalue weighted by molar-refractivity contribution is 8.00. The molecule has 1 aliphatic heterocycles. The molecule has 1 fully saturated rings. The van der Waals surface area contributed by atoms with Crippen LogP contribution in [0.15, 0.2) is 48.5 Å². The second-order valence-electron chi connectivity index (χ2n) is 5.76. The van der Waals surface area contributed by atoms with Crippen molar-refractivity contribution in [3.8, 4) is 0 Å². The highest BCUT2D eigenvalue weighted by Crippen LogP contribution is 2.40. The van der Waals surface area contributed by atoms with Gasteiger partial charge in [0, 0.05) is 31.9 Å². The zero-order valence-electron chi connectivity index (χ0n) is 13.2. The summed E-state index contributed by atoms with van der Waals surface area (Å²) in [5.41, 5.74) is 2.74. The standard InChI is InChI=1S/C18H19FN2OS/c1-20(2)15-9-7-13(8-10-15)18-21(17(22)12-23-18)11-14-5-3-4-6-16(14)19/h3-10,18H,11-12H2,1-2H3. The Morgan fingerprint density at radius 2 is 1.87 bits per heavy atom. The van der Waals surface area contributed by atoms with Crippen LogP contribution in [0.1, 0.15) is 16.5 Å². The number of amides is 1. The first-order valence-corrected chi connectivity index (χ1v) is 8.53. The van der Waals surface area contributed by atoms with Crippen LogP contribution >= 0.6 is 11.8 Å². The van der Waals surface area contributed by atoms with Crippen LogP contribution in [0.25, 0.3) is 0 Å². The Morgan fingerprint density at radius 1 is 1.17 bits per heavy atom. The van der Waals surface area contributed by atoms with Crippen molar-refractivity contribution in [1.82, 2.24) is 4.90 Å². The molecule has 0 bridgehead atoms. The third-order valence-corrected chi connectivity index (χ3v) is 5.22. The molecule has 1 saturated heterocycles. The van der Waals surface area contributed by atoms with E-state index >= 15 is 0 Å². The van der Waals surface area contributed by atoms with Crippen LogP contribution in [0.2, 0.25) is 0 Å². The zero-order valence-corrected chi connectivity index (χ0v) is 14.0. The summed E-state index contributed by atoms with van der Waals surface area (Å²) in [6.07, 6.45) is 0. The zero-order chi connectivity index (χ0) is 16.4. The normalized spacial score (nSPS) is 17.6. The first-order chi connectivity index (χ1) is 11.1. The van der Waals surface area contributed by atoms with Gasteiger partial charge in [0.05, 0.1) is 5.75 Å². The molecule has 0 spiro atoms. The summed E-state index contributed by atoms with van der Waals surface area (Å²) in [7, 11) is 3.99. The molecule has 5 heteroatoms. The molecule has 0 saturated carbocycles. The van der Waals surface area contributed by atoms with Gasteiger partial charge in [-0.05, 0) is 23.8 Å². The molecule has 0 aromatic heterocycles. The second-order valence-corrected chi connectivity index (χ2v) is 6.83. The Labute approximate surface area is 140 Å². The van der Waals surface area contributed by atoms with E-state index in [9.17, 15) is 9.18 Å². The van der Waals surface area contributed by atoms with Crippen molar-refractivity contribution < 1.29 is 9.18 Å². The fourth-order valence-corrected chi connectivity index (χ4v) is 3.84. The Kier molecular flexibility index (Phi) is 4.57. The number of hydrogen-bond donors (Lipinski definition) is 0. The number of carbonyl (C=O) groups is 1. The monoisotopic (exact) mass is 330 g/mol. The Balaban J connectivity index is 1.83. The number of anilines is 1. The van der Waals surface area contributed by atoms with Gasteiger partial charge in [-0.3, -0.25) is 4.79 Å². The van der Waals surface area contributed by atoms with Crippen LogP contribution in [-0.2, 0) is 11.3 Å². The highest BCUT2D eigenvalue weighted by Gasteiger charge is 2.33. The van der Waals surface area contributed by atoms with E-state index < -0.39 is 0 Å². The number of thioether (sulfide) groups is 1. The van der Waals surface area contributed by atoms with Crippen molar-refractivity contribution in [1.29, 1.82) is 0 Å². The van der Waals surface area contributed by atoms with E-state index in [0.29, 0.717) is 17.9 Å². The number of rotatable bonds is 4. The van der Waals surface area contributed by atoms with E-state index in [-0.39, 0.29) is 17.1 Å². The molecule has 0 radical (unpaired) electrons. The smallest absolute Gasteiger partial charge is 0.234 e. The minimum Gasteiger partial charge on any atom is -0.378 e. The van der Waals surface area contributed by atoms with Crippen molar-refractivity contribution >= 4 is 23.4 Å². The summed E-state index contributed by atoms with van der Waals surface area (Å²) in [4.78, 5) is 16.0. The van der Waals surface area contributed by atoms with E-state index in [1.165, 1.54) is 6.07 Å². The van der Waals surface area contributed by atoms with Gasteiger partial charge >= 0.3 is 0 Å². The van der Waals surface area contributed by atoms with Gasteiger partial charge in [0.15, 0.2) is 0 Å². The van der Waals surface area contributed by atoms with Crippen LogP contribution in [0.3, 0.4) is 0 Å². The van der Waals surface area contributed by atoms with E-state index in [2.05, 4.69) is 0 Å². The molecule has 0 N–H and O–H groups in total. The molecule has 1 heterocycles. The van der Waals surface area contributed by atoms with Crippen molar-refractivity contribution in [2.24, 2.45) is 0 Å². The third-order valence-electron chi connectivity index (χ3n) is 3.96. The van der Waals surface area contributed by atoms with Crippen molar-refractivity contribution in [2.75, 3.05) is 24.7 Å². The molecule has 1 unspecified atom stereocenters. The van der Waals surface area contributed by atoms with Gasteiger partial charge in [-0.25, -0.2) is 4.39 Å². The van der Waals surface area contributed by atoms with Crippen molar-refractivity contribution in [3.63, 3.8) is 0 Å². The first-order valence-electron chi connectivity index (χ1n) is 7.48. The quantitative estimate of drug-likeness (QED) is 0.855. The molecule has 1 amide bonds. The van der Waals surface area contributed by atoms with Gasteiger partial charge in [0.2, 0.25) is 5.91 Å². The summed E-state index contributed by atoms with van der Waals surface area (Å²) in [5.74, 6) is 0.230. The van der Waals surface area contributed by atoms with Crippen molar-refractivity contribution in [3.05, 3.63) is 65.5 Å². The lowest BCUT2D eigenvalue weighted by Gasteiger charge is -2.25. The SMILES string of the molecule is CN(C)c1ccc(C2SCC(=O)N2Cc2ccccc2F)cc1. The summed E-state index contributed by atoms with van der Waals surface area (Å²) in [6.45, 7) is 0.304. The van der Waals surface area contributed by atoms with E-state index in [1.54, 1.807) is 34.9 Å². The van der Waals surface area contributed by atoms with E-state index in [0.717, 1.165) is 11.3 Å². The van der Waals surface area contributed by atoms with Gasteiger partial charge < -0.3 is 9.80 Å². The summed E-state index contributed by atoms with van der Waals surface area (Å²) >= 11 is 1.59. The molecule has 120 valence electrons. The summed E-state index contributed by atoms with van der Waals surface area (Å²) in [6, 6.07) is 14.8. The molecule has 2 aromatic carbocycles. The van der Waals surface area contributed by atoms with Gasteiger partial charge in [0.1, 0.15) is 11.2 Å². The van der Waals surface area contributed by atoms with Crippen LogP contribution in [0, 0.1) is 5.82 Å². The number of carbonyl (C=O) groups excluding carboxylic acids is 1. The Hall–Kier alpha value is -2.01. The molecule has 1 atom stereocenters. The molecule has 1 aliphatic rings. The second kappa shape index (κ2) is 6.62. The number of benzene rings is 2. The Morgan fingerprint density at radius 3 is 2.52 bits per heavy atom. The molecule has 0 aliphatic carbocycles. The third kappa shape index (κ3) is 3.34. The molecular formula is C18H19FN2OS. The van der Waals surface area contributed by atoms with E-state index in [4.69, 9.17) is 0 Å². The maximum atomic E-state index is 13.9. The van der Waals surface area contributed by atoms with E-state index in [1.807, 2.05) is 43.3 Å². The predicted octanol–water partition coefficient (Wildman–Crippen LogP) is 3.67. The maximum absolute atomic E-state index is 13.9. The van der Waals surface area contributed by atoms with Gasteiger partial charge in [-0.2, -0.15) is 0 Å². The summed E-state index contributed by atoms with van der Waals surface area (Å²) in [5, 5.41) is -0.0571. The van der Waals surface area contributed by atoms with Crippen molar-refractivity contribution in [2.45, 2.75) is 11.9 Å². The van der Waals surface area contributed by atoms with Gasteiger partial charge in [-0.15, -0.1) is 11.8 Å².